The summed E-state index contributed by atoms with van der Waals surface area (Å²) in [7, 11) is 0. The average Bonchev–Trinajstić information content (AvgIpc) is 2.29. The molecule has 0 aliphatic carbocycles. The van der Waals surface area contributed by atoms with Crippen molar-refractivity contribution in [3.05, 3.63) is 18.1 Å². The summed E-state index contributed by atoms with van der Waals surface area (Å²) >= 11 is 0. The van der Waals surface area contributed by atoms with Crippen LogP contribution in [0.4, 0.5) is 5.82 Å². The van der Waals surface area contributed by atoms with Crippen LogP contribution in [0.2, 0.25) is 0 Å². The first-order chi connectivity index (χ1) is 7.66. The number of nitrogens with zero attached hydrogens (tertiary/aromatic N) is 3. The van der Waals surface area contributed by atoms with Gasteiger partial charge in [-0.15, -0.1) is 0 Å². The third kappa shape index (κ3) is 2.27. The van der Waals surface area contributed by atoms with E-state index >= 15 is 0 Å². The Bertz CT molecular complexity index is 397. The minimum absolute atomic E-state index is 0.0717. The Balaban J connectivity index is 2.19. The second kappa shape index (κ2) is 4.44. The fourth-order valence-electron chi connectivity index (χ4n) is 1.77. The summed E-state index contributed by atoms with van der Waals surface area (Å²) in [5.74, 6) is -0.578. The van der Waals surface area contributed by atoms with Gasteiger partial charge in [-0.2, -0.15) is 0 Å². The highest BCUT2D eigenvalue weighted by atomic mass is 16.4. The summed E-state index contributed by atoms with van der Waals surface area (Å²) in [5, 5.41) is 18.3. The number of aromatic carboxylic acids is 1. The van der Waals surface area contributed by atoms with E-state index in [1.165, 1.54) is 12.4 Å². The van der Waals surface area contributed by atoms with Gasteiger partial charge in [0, 0.05) is 13.1 Å². The fourth-order valence-corrected chi connectivity index (χ4v) is 1.77. The second-order valence-corrected chi connectivity index (χ2v) is 3.81. The normalized spacial score (nSPS) is 20.8. The molecule has 0 aromatic carbocycles. The largest absolute Gasteiger partial charge is 0.476 e. The number of rotatable bonds is 2. The number of piperidine rings is 1. The van der Waals surface area contributed by atoms with Crippen molar-refractivity contribution in [1.29, 1.82) is 0 Å². The monoisotopic (exact) mass is 223 g/mol. The van der Waals surface area contributed by atoms with E-state index < -0.39 is 5.97 Å². The van der Waals surface area contributed by atoms with Gasteiger partial charge in [0.05, 0.1) is 18.5 Å². The number of carbonyl (C=O) groups is 1. The van der Waals surface area contributed by atoms with E-state index in [-0.39, 0.29) is 11.8 Å². The van der Waals surface area contributed by atoms with Crippen molar-refractivity contribution in [3.8, 4) is 0 Å². The molecule has 16 heavy (non-hydrogen) atoms. The molecular formula is C10H13N3O3. The molecule has 6 nitrogen and oxygen atoms in total. The lowest BCUT2D eigenvalue weighted by atomic mass is 10.1. The molecule has 0 amide bonds. The van der Waals surface area contributed by atoms with Crippen LogP contribution in [0.15, 0.2) is 12.4 Å². The van der Waals surface area contributed by atoms with Crippen LogP contribution in [0.25, 0.3) is 0 Å². The topological polar surface area (TPSA) is 86.5 Å². The quantitative estimate of drug-likeness (QED) is 0.741. The van der Waals surface area contributed by atoms with Crippen molar-refractivity contribution in [2.24, 2.45) is 0 Å². The first-order valence-electron chi connectivity index (χ1n) is 5.15. The molecule has 1 fully saturated rings. The SMILES string of the molecule is O=C(O)c1cncc(N2CCCC(O)C2)n1. The van der Waals surface area contributed by atoms with Crippen molar-refractivity contribution in [1.82, 2.24) is 9.97 Å². The summed E-state index contributed by atoms with van der Waals surface area (Å²) in [4.78, 5) is 20.4. The third-order valence-electron chi connectivity index (χ3n) is 2.56. The Kier molecular flexibility index (Phi) is 3.00. The van der Waals surface area contributed by atoms with E-state index in [1.54, 1.807) is 0 Å². The van der Waals surface area contributed by atoms with Gasteiger partial charge in [-0.05, 0) is 12.8 Å². The van der Waals surface area contributed by atoms with Crippen LogP contribution in [0, 0.1) is 0 Å². The molecule has 1 aliphatic rings. The molecule has 0 radical (unpaired) electrons. The maximum atomic E-state index is 10.7. The maximum Gasteiger partial charge on any atom is 0.356 e. The van der Waals surface area contributed by atoms with Crippen molar-refractivity contribution in [2.75, 3.05) is 18.0 Å². The number of aliphatic hydroxyl groups is 1. The average molecular weight is 223 g/mol. The van der Waals surface area contributed by atoms with Gasteiger partial charge in [0.1, 0.15) is 5.82 Å². The van der Waals surface area contributed by atoms with Crippen LogP contribution < -0.4 is 4.90 Å². The van der Waals surface area contributed by atoms with Crippen LogP contribution in [-0.4, -0.2) is 45.3 Å². The molecule has 1 unspecified atom stereocenters. The summed E-state index contributed by atoms with van der Waals surface area (Å²) in [6.07, 6.45) is 4.02. The summed E-state index contributed by atoms with van der Waals surface area (Å²) in [5.41, 5.74) is -0.0717. The Morgan fingerprint density at radius 2 is 2.31 bits per heavy atom. The summed E-state index contributed by atoms with van der Waals surface area (Å²) in [6.45, 7) is 1.26. The van der Waals surface area contributed by atoms with Gasteiger partial charge in [-0.25, -0.2) is 9.78 Å². The van der Waals surface area contributed by atoms with E-state index in [1.807, 2.05) is 4.90 Å². The van der Waals surface area contributed by atoms with E-state index in [4.69, 9.17) is 5.11 Å². The van der Waals surface area contributed by atoms with Gasteiger partial charge in [0.2, 0.25) is 0 Å². The number of aromatic nitrogens is 2. The number of carboxylic acid groups (broad SMARTS) is 1. The van der Waals surface area contributed by atoms with E-state index in [9.17, 15) is 9.90 Å². The van der Waals surface area contributed by atoms with E-state index in [2.05, 4.69) is 9.97 Å². The van der Waals surface area contributed by atoms with Crippen molar-refractivity contribution >= 4 is 11.8 Å². The molecule has 1 aliphatic heterocycles. The molecule has 1 aromatic rings. The Morgan fingerprint density at radius 3 is 3.00 bits per heavy atom. The van der Waals surface area contributed by atoms with Crippen molar-refractivity contribution in [3.63, 3.8) is 0 Å². The van der Waals surface area contributed by atoms with E-state index in [0.29, 0.717) is 12.4 Å². The molecule has 0 bridgehead atoms. The highest BCUT2D eigenvalue weighted by Gasteiger charge is 2.19. The highest BCUT2D eigenvalue weighted by Crippen LogP contribution is 2.17. The number of carboxylic acids is 1. The number of β-amino-alcohol motifs (C(OH)–C–C–N with tert-alkyl or cyclic N) is 1. The van der Waals surface area contributed by atoms with Crippen molar-refractivity contribution in [2.45, 2.75) is 18.9 Å². The fraction of sp³-hybridized carbons (Fsp3) is 0.500. The zero-order chi connectivity index (χ0) is 11.5. The zero-order valence-corrected chi connectivity index (χ0v) is 8.70. The summed E-state index contributed by atoms with van der Waals surface area (Å²) < 4.78 is 0. The number of anilines is 1. The minimum atomic E-state index is -1.09. The van der Waals surface area contributed by atoms with Gasteiger partial charge in [0.25, 0.3) is 0 Å². The van der Waals surface area contributed by atoms with E-state index in [0.717, 1.165) is 19.4 Å². The first kappa shape index (κ1) is 10.8. The van der Waals surface area contributed by atoms with Gasteiger partial charge in [0.15, 0.2) is 5.69 Å². The van der Waals surface area contributed by atoms with Crippen LogP contribution in [0.3, 0.4) is 0 Å². The van der Waals surface area contributed by atoms with Gasteiger partial charge < -0.3 is 15.1 Å². The third-order valence-corrected chi connectivity index (χ3v) is 2.56. The van der Waals surface area contributed by atoms with Crippen LogP contribution >= 0.6 is 0 Å². The smallest absolute Gasteiger partial charge is 0.356 e. The Morgan fingerprint density at radius 1 is 1.50 bits per heavy atom. The lowest BCUT2D eigenvalue weighted by Gasteiger charge is -2.30. The molecule has 2 heterocycles. The molecule has 0 spiro atoms. The minimum Gasteiger partial charge on any atom is -0.476 e. The first-order valence-corrected chi connectivity index (χ1v) is 5.15. The predicted molar refractivity (Wildman–Crippen MR) is 56.4 cm³/mol. The number of hydrogen-bond donors (Lipinski definition) is 2. The molecule has 2 N–H and O–H groups in total. The van der Waals surface area contributed by atoms with Gasteiger partial charge in [-0.1, -0.05) is 0 Å². The standard InChI is InChI=1S/C10H13N3O3/c14-7-2-1-3-13(6-7)9-5-11-4-8(12-9)10(15)16/h4-5,7,14H,1-3,6H2,(H,15,16). The molecule has 0 saturated carbocycles. The molecule has 1 saturated heterocycles. The molecule has 1 aromatic heterocycles. The number of hydrogen-bond acceptors (Lipinski definition) is 5. The van der Waals surface area contributed by atoms with Crippen LogP contribution in [0.1, 0.15) is 23.3 Å². The second-order valence-electron chi connectivity index (χ2n) is 3.81. The molecule has 6 heteroatoms. The Hall–Kier alpha value is -1.69. The van der Waals surface area contributed by atoms with Crippen LogP contribution in [0.5, 0.6) is 0 Å². The lowest BCUT2D eigenvalue weighted by Crippen LogP contribution is -2.38. The molecule has 86 valence electrons. The van der Waals surface area contributed by atoms with Crippen LogP contribution in [-0.2, 0) is 0 Å². The van der Waals surface area contributed by atoms with Gasteiger partial charge >= 0.3 is 5.97 Å². The summed E-state index contributed by atoms with van der Waals surface area (Å²) in [6, 6.07) is 0. The lowest BCUT2D eigenvalue weighted by molar-refractivity contribution is 0.0690. The predicted octanol–water partition coefficient (Wildman–Crippen LogP) is 0.136. The molecule has 1 atom stereocenters. The number of aliphatic hydroxyl groups excluding tert-OH is 1. The molecule has 2 rings (SSSR count). The maximum absolute atomic E-state index is 10.7. The van der Waals surface area contributed by atoms with Crippen molar-refractivity contribution < 1.29 is 15.0 Å². The molecular weight excluding hydrogens is 210 g/mol. The van der Waals surface area contributed by atoms with Gasteiger partial charge in [-0.3, -0.25) is 4.98 Å². The highest BCUT2D eigenvalue weighted by molar-refractivity contribution is 5.85. The Labute approximate surface area is 92.6 Å². The zero-order valence-electron chi connectivity index (χ0n) is 8.70.